The third kappa shape index (κ3) is 2.73. The molecule has 0 aromatic carbocycles. The molecule has 0 saturated heterocycles. The van der Waals surface area contributed by atoms with E-state index in [2.05, 4.69) is 41.3 Å². The maximum Gasteiger partial charge on any atom is 0.252 e. The van der Waals surface area contributed by atoms with Crippen molar-refractivity contribution in [3.8, 4) is 0 Å². The quantitative estimate of drug-likeness (QED) is 0.737. The number of rotatable bonds is 4. The largest absolute Gasteiger partial charge is 0.378 e. The van der Waals surface area contributed by atoms with Gasteiger partial charge in [-0.3, -0.25) is 0 Å². The van der Waals surface area contributed by atoms with E-state index in [4.69, 9.17) is 0 Å². The van der Waals surface area contributed by atoms with Crippen molar-refractivity contribution in [1.82, 2.24) is 24.6 Å². The predicted molar refractivity (Wildman–Crippen MR) is 82.0 cm³/mol. The fourth-order valence-electron chi connectivity index (χ4n) is 2.24. The molecule has 3 heterocycles. The van der Waals surface area contributed by atoms with E-state index < -0.39 is 0 Å². The highest BCUT2D eigenvalue weighted by molar-refractivity contribution is 9.10. The molecule has 4 rings (SSSR count). The van der Waals surface area contributed by atoms with Gasteiger partial charge in [-0.15, -0.1) is 5.10 Å². The molecule has 0 aliphatic heterocycles. The van der Waals surface area contributed by atoms with Gasteiger partial charge in [-0.1, -0.05) is 0 Å². The summed E-state index contributed by atoms with van der Waals surface area (Å²) in [4.78, 5) is 12.9. The summed E-state index contributed by atoms with van der Waals surface area (Å²) in [6, 6.07) is 3.82. The van der Waals surface area contributed by atoms with Crippen molar-refractivity contribution >= 4 is 27.4 Å². The van der Waals surface area contributed by atoms with Gasteiger partial charge >= 0.3 is 0 Å². The van der Waals surface area contributed by atoms with Crippen LogP contribution in [-0.4, -0.2) is 24.6 Å². The average Bonchev–Trinajstić information content (AvgIpc) is 3.25. The van der Waals surface area contributed by atoms with E-state index >= 15 is 0 Å². The zero-order valence-electron chi connectivity index (χ0n) is 11.2. The van der Waals surface area contributed by atoms with E-state index in [9.17, 15) is 0 Å². The molecule has 1 N–H and O–H groups in total. The van der Waals surface area contributed by atoms with Crippen molar-refractivity contribution in [2.45, 2.75) is 25.3 Å². The molecule has 3 aromatic rings. The Morgan fingerprint density at radius 3 is 3.05 bits per heavy atom. The molecular formula is C14H13BrN6. The van der Waals surface area contributed by atoms with Crippen molar-refractivity contribution in [1.29, 1.82) is 0 Å². The van der Waals surface area contributed by atoms with Crippen LogP contribution in [0, 0.1) is 0 Å². The van der Waals surface area contributed by atoms with Crippen LogP contribution in [0.4, 0.5) is 5.69 Å². The second kappa shape index (κ2) is 5.07. The second-order valence-electron chi connectivity index (χ2n) is 5.15. The van der Waals surface area contributed by atoms with Crippen LogP contribution in [0.5, 0.6) is 0 Å². The number of fused-ring (bicyclic) bond motifs is 1. The molecule has 0 atom stereocenters. The molecule has 0 amide bonds. The highest BCUT2D eigenvalue weighted by Crippen LogP contribution is 2.39. The number of nitrogens with zero attached hydrogens (tertiary/aromatic N) is 5. The third-order valence-corrected chi connectivity index (χ3v) is 3.92. The van der Waals surface area contributed by atoms with Crippen molar-refractivity contribution in [3.63, 3.8) is 0 Å². The number of aromatic nitrogens is 5. The Bertz CT molecular complexity index is 795. The van der Waals surface area contributed by atoms with E-state index in [-0.39, 0.29) is 0 Å². The van der Waals surface area contributed by atoms with Gasteiger partial charge in [0.2, 0.25) is 0 Å². The lowest BCUT2D eigenvalue weighted by Crippen LogP contribution is -2.01. The van der Waals surface area contributed by atoms with E-state index in [0.29, 0.717) is 18.2 Å². The molecule has 0 unspecified atom stereocenters. The Labute approximate surface area is 129 Å². The van der Waals surface area contributed by atoms with E-state index in [1.807, 2.05) is 24.5 Å². The number of hydrogen-bond donors (Lipinski definition) is 1. The highest BCUT2D eigenvalue weighted by Gasteiger charge is 2.24. The first-order valence-corrected chi connectivity index (χ1v) is 7.64. The van der Waals surface area contributed by atoms with Gasteiger partial charge < -0.3 is 5.32 Å². The molecule has 3 aromatic heterocycles. The van der Waals surface area contributed by atoms with Gasteiger partial charge in [-0.2, -0.15) is 4.98 Å². The number of nitrogens with one attached hydrogen (secondary N) is 1. The van der Waals surface area contributed by atoms with Crippen LogP contribution in [-0.2, 0) is 6.54 Å². The number of halogens is 1. The van der Waals surface area contributed by atoms with Gasteiger partial charge in [-0.05, 0) is 52.4 Å². The Morgan fingerprint density at radius 2 is 2.24 bits per heavy atom. The van der Waals surface area contributed by atoms with Crippen LogP contribution in [0.3, 0.4) is 0 Å². The van der Waals surface area contributed by atoms with Crippen LogP contribution < -0.4 is 5.32 Å². The Balaban J connectivity index is 1.53. The number of anilines is 1. The molecule has 0 spiro atoms. The summed E-state index contributed by atoms with van der Waals surface area (Å²) in [7, 11) is 0. The molecule has 21 heavy (non-hydrogen) atoms. The van der Waals surface area contributed by atoms with Crippen LogP contribution in [0.2, 0.25) is 0 Å². The summed E-state index contributed by atoms with van der Waals surface area (Å²) in [5, 5.41) is 7.75. The summed E-state index contributed by atoms with van der Waals surface area (Å²) in [6.07, 6.45) is 8.21. The maximum absolute atomic E-state index is 4.47. The van der Waals surface area contributed by atoms with Crippen LogP contribution in [0.1, 0.15) is 30.1 Å². The van der Waals surface area contributed by atoms with Gasteiger partial charge in [0.25, 0.3) is 5.78 Å². The molecule has 1 fully saturated rings. The SMILES string of the molecule is Brc1cc(NCc2nc3ncc(C4CC4)cn3n2)ccn1. The lowest BCUT2D eigenvalue weighted by atomic mass is 10.2. The normalized spacial score (nSPS) is 14.5. The lowest BCUT2D eigenvalue weighted by Gasteiger charge is -2.02. The predicted octanol–water partition coefficient (Wildman–Crippen LogP) is 2.77. The van der Waals surface area contributed by atoms with Crippen molar-refractivity contribution in [2.75, 3.05) is 5.32 Å². The van der Waals surface area contributed by atoms with Gasteiger partial charge in [0, 0.05) is 24.3 Å². The van der Waals surface area contributed by atoms with Gasteiger partial charge in [0.1, 0.15) is 4.60 Å². The smallest absolute Gasteiger partial charge is 0.252 e. The molecule has 6 nitrogen and oxygen atoms in total. The van der Waals surface area contributed by atoms with Crippen molar-refractivity contribution in [2.24, 2.45) is 0 Å². The molecule has 1 aliphatic carbocycles. The molecule has 1 aliphatic rings. The van der Waals surface area contributed by atoms with Gasteiger partial charge in [0.05, 0.1) is 6.54 Å². The molecule has 7 heteroatoms. The maximum atomic E-state index is 4.47. The fraction of sp³-hybridized carbons (Fsp3) is 0.286. The molecule has 1 saturated carbocycles. The number of hydrogen-bond acceptors (Lipinski definition) is 5. The first-order chi connectivity index (χ1) is 10.3. The first kappa shape index (κ1) is 12.7. The number of pyridine rings is 1. The zero-order chi connectivity index (χ0) is 14.2. The fourth-order valence-corrected chi connectivity index (χ4v) is 2.60. The van der Waals surface area contributed by atoms with E-state index in [1.165, 1.54) is 18.4 Å². The summed E-state index contributed by atoms with van der Waals surface area (Å²) in [6.45, 7) is 0.554. The molecule has 106 valence electrons. The minimum absolute atomic E-state index is 0.554. The van der Waals surface area contributed by atoms with Gasteiger partial charge in [-0.25, -0.2) is 14.5 Å². The lowest BCUT2D eigenvalue weighted by molar-refractivity contribution is 0.867. The Hall–Kier alpha value is -2.02. The monoisotopic (exact) mass is 344 g/mol. The highest BCUT2D eigenvalue weighted by atomic mass is 79.9. The zero-order valence-corrected chi connectivity index (χ0v) is 12.8. The van der Waals surface area contributed by atoms with Gasteiger partial charge in [0.15, 0.2) is 5.82 Å². The second-order valence-corrected chi connectivity index (χ2v) is 5.97. The van der Waals surface area contributed by atoms with Crippen LogP contribution in [0.25, 0.3) is 5.78 Å². The molecule has 0 radical (unpaired) electrons. The van der Waals surface area contributed by atoms with E-state index in [0.717, 1.165) is 16.1 Å². The van der Waals surface area contributed by atoms with Crippen LogP contribution >= 0.6 is 15.9 Å². The standard InChI is InChI=1S/C14H13BrN6/c15-12-5-11(3-4-16-12)17-7-13-19-14-18-6-10(9-1-2-9)8-21(14)20-13/h3-6,8-9H,1-2,7H2,(H,16,17). The topological polar surface area (TPSA) is 68.0 Å². The average molecular weight is 345 g/mol. The summed E-state index contributed by atoms with van der Waals surface area (Å²) < 4.78 is 2.57. The summed E-state index contributed by atoms with van der Waals surface area (Å²) >= 11 is 3.35. The van der Waals surface area contributed by atoms with Crippen molar-refractivity contribution < 1.29 is 0 Å². The first-order valence-electron chi connectivity index (χ1n) is 6.84. The molecule has 0 bridgehead atoms. The summed E-state index contributed by atoms with van der Waals surface area (Å²) in [5.74, 6) is 2.04. The Morgan fingerprint density at radius 1 is 1.33 bits per heavy atom. The minimum Gasteiger partial charge on any atom is -0.378 e. The molecular weight excluding hydrogens is 332 g/mol. The van der Waals surface area contributed by atoms with Crippen LogP contribution in [0.15, 0.2) is 35.3 Å². The van der Waals surface area contributed by atoms with Crippen molar-refractivity contribution in [3.05, 3.63) is 46.7 Å². The summed E-state index contributed by atoms with van der Waals surface area (Å²) in [5.41, 5.74) is 2.23. The third-order valence-electron chi connectivity index (χ3n) is 3.48. The Kier molecular flexibility index (Phi) is 3.07. The van der Waals surface area contributed by atoms with E-state index in [1.54, 1.807) is 10.7 Å². The minimum atomic E-state index is 0.554.